The molecule has 22 heavy (non-hydrogen) atoms. The summed E-state index contributed by atoms with van der Waals surface area (Å²) in [6, 6.07) is 15.3. The highest BCUT2D eigenvalue weighted by Gasteiger charge is 2.00. The molecule has 2 aromatic carbocycles. The first kappa shape index (κ1) is 14.1. The topological polar surface area (TPSA) is 61.0 Å². The van der Waals surface area contributed by atoms with Crippen molar-refractivity contribution in [3.05, 3.63) is 60.9 Å². The molecule has 0 aliphatic rings. The van der Waals surface area contributed by atoms with Crippen LogP contribution in [0, 0.1) is 0 Å². The Kier molecular flexibility index (Phi) is 4.01. The molecule has 0 aliphatic heterocycles. The second-order valence-electron chi connectivity index (χ2n) is 4.84. The molecule has 0 radical (unpaired) electrons. The SMILES string of the molecule is CCOc1cccc2[nH]ccc12.Oc1cccc2[nH]ccc12. The van der Waals surface area contributed by atoms with Crippen LogP contribution in [0.15, 0.2) is 60.9 Å². The smallest absolute Gasteiger partial charge is 0.128 e. The number of ether oxygens (including phenoxy) is 1. The molecule has 0 saturated heterocycles. The highest BCUT2D eigenvalue weighted by Crippen LogP contribution is 2.24. The van der Waals surface area contributed by atoms with Crippen LogP contribution in [0.5, 0.6) is 11.5 Å². The monoisotopic (exact) mass is 294 g/mol. The van der Waals surface area contributed by atoms with Crippen LogP contribution in [0.1, 0.15) is 6.92 Å². The fourth-order valence-electron chi connectivity index (χ4n) is 2.41. The second kappa shape index (κ2) is 6.26. The van der Waals surface area contributed by atoms with Crippen molar-refractivity contribution in [2.45, 2.75) is 6.92 Å². The van der Waals surface area contributed by atoms with E-state index < -0.39 is 0 Å². The Morgan fingerprint density at radius 1 is 0.864 bits per heavy atom. The summed E-state index contributed by atoms with van der Waals surface area (Å²) < 4.78 is 5.46. The first-order valence-corrected chi connectivity index (χ1v) is 7.23. The predicted molar refractivity (Wildman–Crippen MR) is 89.4 cm³/mol. The van der Waals surface area contributed by atoms with Crippen molar-refractivity contribution >= 4 is 21.8 Å². The van der Waals surface area contributed by atoms with E-state index in [9.17, 15) is 5.11 Å². The van der Waals surface area contributed by atoms with E-state index in [-0.39, 0.29) is 0 Å². The molecule has 0 aliphatic carbocycles. The van der Waals surface area contributed by atoms with Gasteiger partial charge in [-0.2, -0.15) is 0 Å². The number of rotatable bonds is 2. The first-order chi connectivity index (χ1) is 10.8. The van der Waals surface area contributed by atoms with E-state index in [1.807, 2.05) is 61.8 Å². The number of H-pyrrole nitrogens is 2. The van der Waals surface area contributed by atoms with Gasteiger partial charge in [0.15, 0.2) is 0 Å². The van der Waals surface area contributed by atoms with Gasteiger partial charge in [-0.1, -0.05) is 12.1 Å². The van der Waals surface area contributed by atoms with Crippen molar-refractivity contribution in [1.82, 2.24) is 9.97 Å². The number of aromatic nitrogens is 2. The standard InChI is InChI=1S/C10H11NO.C8H7NO/c1-2-12-10-5-3-4-9-8(10)6-7-11-9;10-8-3-1-2-7-6(8)4-5-9-7/h3-7,11H,2H2,1H3;1-5,9-10H. The molecule has 0 bridgehead atoms. The molecule has 0 spiro atoms. The summed E-state index contributed by atoms with van der Waals surface area (Å²) in [5.41, 5.74) is 2.10. The number of fused-ring (bicyclic) bond motifs is 2. The summed E-state index contributed by atoms with van der Waals surface area (Å²) in [7, 11) is 0. The Hall–Kier alpha value is -2.88. The zero-order chi connectivity index (χ0) is 15.4. The van der Waals surface area contributed by atoms with Crippen molar-refractivity contribution in [1.29, 1.82) is 0 Å². The first-order valence-electron chi connectivity index (χ1n) is 7.23. The lowest BCUT2D eigenvalue weighted by Gasteiger charge is -2.02. The average Bonchev–Trinajstić information content (AvgIpc) is 3.18. The third-order valence-electron chi connectivity index (χ3n) is 3.43. The quantitative estimate of drug-likeness (QED) is 0.512. The summed E-state index contributed by atoms with van der Waals surface area (Å²) >= 11 is 0. The molecule has 4 aromatic rings. The Morgan fingerprint density at radius 2 is 1.50 bits per heavy atom. The van der Waals surface area contributed by atoms with Crippen LogP contribution in [-0.4, -0.2) is 21.7 Å². The van der Waals surface area contributed by atoms with Gasteiger partial charge in [0.25, 0.3) is 0 Å². The molecule has 112 valence electrons. The van der Waals surface area contributed by atoms with Crippen LogP contribution in [0.3, 0.4) is 0 Å². The van der Waals surface area contributed by atoms with E-state index in [4.69, 9.17) is 4.74 Å². The van der Waals surface area contributed by atoms with Crippen molar-refractivity contribution < 1.29 is 9.84 Å². The lowest BCUT2D eigenvalue weighted by molar-refractivity contribution is 0.344. The van der Waals surface area contributed by atoms with Crippen molar-refractivity contribution in [3.8, 4) is 11.5 Å². The summed E-state index contributed by atoms with van der Waals surface area (Å²) in [5.74, 6) is 1.29. The number of aromatic amines is 2. The van der Waals surface area contributed by atoms with Crippen molar-refractivity contribution in [2.24, 2.45) is 0 Å². The Bertz CT molecular complexity index is 877. The molecule has 4 nitrogen and oxygen atoms in total. The Balaban J connectivity index is 0.000000133. The normalized spacial score (nSPS) is 10.4. The molecule has 0 unspecified atom stereocenters. The van der Waals surface area contributed by atoms with Gasteiger partial charge in [-0.25, -0.2) is 0 Å². The lowest BCUT2D eigenvalue weighted by Crippen LogP contribution is -1.90. The van der Waals surface area contributed by atoms with Crippen molar-refractivity contribution in [2.75, 3.05) is 6.61 Å². The molecule has 2 heterocycles. The molecule has 4 rings (SSSR count). The summed E-state index contributed by atoms with van der Waals surface area (Å²) in [4.78, 5) is 6.14. The van der Waals surface area contributed by atoms with Gasteiger partial charge < -0.3 is 19.8 Å². The van der Waals surface area contributed by atoms with Crippen LogP contribution >= 0.6 is 0 Å². The molecule has 2 aromatic heterocycles. The third kappa shape index (κ3) is 2.76. The fraction of sp³-hybridized carbons (Fsp3) is 0.111. The number of phenolic OH excluding ortho intramolecular Hbond substituents is 1. The molecule has 3 N–H and O–H groups in total. The number of nitrogens with one attached hydrogen (secondary N) is 2. The van der Waals surface area contributed by atoms with E-state index in [1.54, 1.807) is 6.07 Å². The van der Waals surface area contributed by atoms with Gasteiger partial charge in [0, 0.05) is 34.2 Å². The van der Waals surface area contributed by atoms with Crippen molar-refractivity contribution in [3.63, 3.8) is 0 Å². The number of phenols is 1. The maximum Gasteiger partial charge on any atom is 0.128 e. The minimum absolute atomic E-state index is 0.332. The van der Waals surface area contributed by atoms with Crippen LogP contribution in [0.2, 0.25) is 0 Å². The molecule has 0 amide bonds. The maximum absolute atomic E-state index is 9.24. The largest absolute Gasteiger partial charge is 0.507 e. The van der Waals surface area contributed by atoms with Crippen LogP contribution < -0.4 is 4.74 Å². The summed E-state index contributed by atoms with van der Waals surface area (Å²) in [6.07, 6.45) is 3.73. The molecular formula is C18H18N2O2. The molecule has 4 heteroatoms. The number of hydrogen-bond donors (Lipinski definition) is 3. The van der Waals surface area contributed by atoms with Crippen LogP contribution in [0.4, 0.5) is 0 Å². The molecule has 0 saturated carbocycles. The van der Waals surface area contributed by atoms with E-state index in [1.165, 1.54) is 0 Å². The molecular weight excluding hydrogens is 276 g/mol. The predicted octanol–water partition coefficient (Wildman–Crippen LogP) is 4.44. The minimum Gasteiger partial charge on any atom is -0.507 e. The van der Waals surface area contributed by atoms with Gasteiger partial charge in [-0.3, -0.25) is 0 Å². The minimum atomic E-state index is 0.332. The number of aromatic hydroxyl groups is 1. The van der Waals surface area contributed by atoms with Crippen LogP contribution in [0.25, 0.3) is 21.8 Å². The highest BCUT2D eigenvalue weighted by molar-refractivity contribution is 5.86. The average molecular weight is 294 g/mol. The van der Waals surface area contributed by atoms with Crippen LogP contribution in [-0.2, 0) is 0 Å². The number of benzene rings is 2. The van der Waals surface area contributed by atoms with Gasteiger partial charge in [0.2, 0.25) is 0 Å². The summed E-state index contributed by atoms with van der Waals surface area (Å²) in [5, 5.41) is 11.3. The maximum atomic E-state index is 9.24. The van der Waals surface area contributed by atoms with E-state index in [0.29, 0.717) is 12.4 Å². The number of hydrogen-bond acceptors (Lipinski definition) is 2. The second-order valence-corrected chi connectivity index (χ2v) is 4.84. The Morgan fingerprint density at radius 3 is 2.18 bits per heavy atom. The highest BCUT2D eigenvalue weighted by atomic mass is 16.5. The zero-order valence-corrected chi connectivity index (χ0v) is 12.3. The van der Waals surface area contributed by atoms with Gasteiger partial charge in [-0.05, 0) is 43.3 Å². The van der Waals surface area contributed by atoms with Gasteiger partial charge in [0.1, 0.15) is 11.5 Å². The van der Waals surface area contributed by atoms with Gasteiger partial charge in [0.05, 0.1) is 6.61 Å². The fourth-order valence-corrected chi connectivity index (χ4v) is 2.41. The Labute approximate surface area is 128 Å². The van der Waals surface area contributed by atoms with E-state index >= 15 is 0 Å². The lowest BCUT2D eigenvalue weighted by atomic mass is 10.2. The molecule has 0 fully saturated rings. The van der Waals surface area contributed by atoms with Gasteiger partial charge >= 0.3 is 0 Å². The van der Waals surface area contributed by atoms with Gasteiger partial charge in [-0.15, -0.1) is 0 Å². The van der Waals surface area contributed by atoms with E-state index in [2.05, 4.69) is 9.97 Å². The zero-order valence-electron chi connectivity index (χ0n) is 12.3. The molecule has 0 atom stereocenters. The van der Waals surface area contributed by atoms with E-state index in [0.717, 1.165) is 27.6 Å². The third-order valence-corrected chi connectivity index (χ3v) is 3.43. The summed E-state index contributed by atoms with van der Waals surface area (Å²) in [6.45, 7) is 2.70.